The number of pyridine rings is 1. The van der Waals surface area contributed by atoms with Crippen LogP contribution in [0.5, 0.6) is 0 Å². The lowest BCUT2D eigenvalue weighted by Crippen LogP contribution is -2.40. The molecule has 1 aliphatic heterocycles. The number of hydrogen-bond acceptors (Lipinski definition) is 4. The smallest absolute Gasteiger partial charge is 0.257 e. The van der Waals surface area contributed by atoms with Crippen LogP contribution >= 0.6 is 0 Å². The van der Waals surface area contributed by atoms with Gasteiger partial charge >= 0.3 is 0 Å². The van der Waals surface area contributed by atoms with Crippen molar-refractivity contribution >= 4 is 22.8 Å². The molecule has 1 saturated carbocycles. The number of terminal acetylenes is 1. The van der Waals surface area contributed by atoms with Gasteiger partial charge in [0.2, 0.25) is 0 Å². The molecule has 210 valence electrons. The maximum Gasteiger partial charge on any atom is 0.257 e. The van der Waals surface area contributed by atoms with Gasteiger partial charge in [-0.1, -0.05) is 18.6 Å². The number of morpholine rings is 1. The zero-order chi connectivity index (χ0) is 27.7. The quantitative estimate of drug-likeness (QED) is 0.276. The fourth-order valence-electron chi connectivity index (χ4n) is 6.06. The van der Waals surface area contributed by atoms with Crippen LogP contribution in [0.3, 0.4) is 0 Å². The highest BCUT2D eigenvalue weighted by Crippen LogP contribution is 2.37. The Labute approximate surface area is 237 Å². The number of rotatable bonds is 10. The molecule has 3 heterocycles. The highest BCUT2D eigenvalue weighted by atomic mass is 16.5. The molecule has 40 heavy (non-hydrogen) atoms. The summed E-state index contributed by atoms with van der Waals surface area (Å²) in [5.74, 6) is 3.77. The average molecular weight is 541 g/mol. The molecule has 2 aromatic heterocycles. The third kappa shape index (κ3) is 6.74. The largest absolute Gasteiger partial charge is 0.378 e. The molecule has 0 unspecified atom stereocenters. The Morgan fingerprint density at radius 1 is 1.02 bits per heavy atom. The lowest BCUT2D eigenvalue weighted by atomic mass is 9.78. The Morgan fingerprint density at radius 3 is 2.55 bits per heavy atom. The van der Waals surface area contributed by atoms with Gasteiger partial charge < -0.3 is 19.5 Å². The molecular weight excluding hydrogens is 500 g/mol. The summed E-state index contributed by atoms with van der Waals surface area (Å²) in [5.41, 5.74) is 4.55. The number of fused-ring (bicyclic) bond motifs is 1. The van der Waals surface area contributed by atoms with Crippen LogP contribution in [0, 0.1) is 18.3 Å². The molecule has 3 aromatic rings. The predicted molar refractivity (Wildman–Crippen MR) is 157 cm³/mol. The van der Waals surface area contributed by atoms with Crippen molar-refractivity contribution in [3.05, 3.63) is 65.5 Å². The molecule has 0 atom stereocenters. The van der Waals surface area contributed by atoms with E-state index in [9.17, 15) is 9.59 Å². The zero-order valence-electron chi connectivity index (χ0n) is 23.3. The van der Waals surface area contributed by atoms with Gasteiger partial charge in [-0.2, -0.15) is 0 Å². The Hall–Kier alpha value is -3.63. The SMILES string of the molecule is C#CCCCCCNC(=O)c1ccc(C2CCC(Cn3cc(C(=O)N4CCOCC4)c4ncccc43)CC2)cc1. The Bertz CT molecular complexity index is 1330. The van der Waals surface area contributed by atoms with Crippen molar-refractivity contribution in [2.75, 3.05) is 32.8 Å². The van der Waals surface area contributed by atoms with Crippen molar-refractivity contribution in [1.29, 1.82) is 0 Å². The number of unbranched alkanes of at least 4 members (excludes halogenated alkanes) is 3. The predicted octanol–water partition coefficient (Wildman–Crippen LogP) is 5.41. The number of benzene rings is 1. The molecule has 1 N–H and O–H groups in total. The number of nitrogens with one attached hydrogen (secondary N) is 1. The van der Waals surface area contributed by atoms with E-state index in [4.69, 9.17) is 11.2 Å². The second-order valence-corrected chi connectivity index (χ2v) is 11.1. The average Bonchev–Trinajstić information content (AvgIpc) is 3.37. The van der Waals surface area contributed by atoms with Crippen molar-refractivity contribution in [2.24, 2.45) is 5.92 Å². The zero-order valence-corrected chi connectivity index (χ0v) is 23.3. The van der Waals surface area contributed by atoms with Gasteiger partial charge in [0.1, 0.15) is 5.52 Å². The second kappa shape index (κ2) is 13.6. The van der Waals surface area contributed by atoms with Crippen LogP contribution in [-0.2, 0) is 11.3 Å². The van der Waals surface area contributed by atoms with Crippen molar-refractivity contribution in [1.82, 2.24) is 19.8 Å². The van der Waals surface area contributed by atoms with Gasteiger partial charge in [0.25, 0.3) is 11.8 Å². The minimum Gasteiger partial charge on any atom is -0.378 e. The monoisotopic (exact) mass is 540 g/mol. The highest BCUT2D eigenvalue weighted by Gasteiger charge is 2.26. The first-order valence-corrected chi connectivity index (χ1v) is 14.8. The Balaban J connectivity index is 1.14. The number of amides is 2. The maximum absolute atomic E-state index is 13.3. The van der Waals surface area contributed by atoms with E-state index in [-0.39, 0.29) is 11.8 Å². The molecule has 7 heteroatoms. The van der Waals surface area contributed by atoms with E-state index in [1.54, 1.807) is 6.20 Å². The van der Waals surface area contributed by atoms with Crippen molar-refractivity contribution in [3.8, 4) is 12.3 Å². The minimum absolute atomic E-state index is 0.00730. The van der Waals surface area contributed by atoms with Gasteiger partial charge in [-0.05, 0) is 80.2 Å². The summed E-state index contributed by atoms with van der Waals surface area (Å²) in [6.45, 7) is 4.01. The van der Waals surface area contributed by atoms with Crippen LogP contribution in [0.4, 0.5) is 0 Å². The number of ether oxygens (including phenoxy) is 1. The van der Waals surface area contributed by atoms with E-state index in [1.165, 1.54) is 5.56 Å². The molecule has 0 spiro atoms. The second-order valence-electron chi connectivity index (χ2n) is 11.1. The number of nitrogens with zero attached hydrogens (tertiary/aromatic N) is 3. The number of carbonyl (C=O) groups is 2. The molecule has 5 rings (SSSR count). The number of aromatic nitrogens is 2. The third-order valence-corrected chi connectivity index (χ3v) is 8.39. The fourth-order valence-corrected chi connectivity index (χ4v) is 6.06. The minimum atomic E-state index is -0.00730. The molecule has 2 amide bonds. The summed E-state index contributed by atoms with van der Waals surface area (Å²) in [6, 6.07) is 12.2. The summed E-state index contributed by atoms with van der Waals surface area (Å²) in [5, 5.41) is 3.02. The van der Waals surface area contributed by atoms with Crippen LogP contribution in [-0.4, -0.2) is 59.1 Å². The van der Waals surface area contributed by atoms with E-state index in [0.29, 0.717) is 50.2 Å². The first kappa shape index (κ1) is 27.9. The number of carbonyl (C=O) groups excluding carboxylic acids is 2. The molecule has 2 fully saturated rings. The summed E-state index contributed by atoms with van der Waals surface area (Å²) in [4.78, 5) is 32.2. The number of hydrogen-bond donors (Lipinski definition) is 1. The van der Waals surface area contributed by atoms with Gasteiger partial charge in [0, 0.05) is 50.6 Å². The molecule has 7 nitrogen and oxygen atoms in total. The summed E-state index contributed by atoms with van der Waals surface area (Å²) < 4.78 is 7.67. The van der Waals surface area contributed by atoms with E-state index in [2.05, 4.69) is 39.0 Å². The maximum atomic E-state index is 13.3. The normalized spacial score (nSPS) is 19.3. The fraction of sp³-hybridized carbons (Fsp3) is 0.485. The van der Waals surface area contributed by atoms with Crippen molar-refractivity contribution in [3.63, 3.8) is 0 Å². The standard InChI is InChI=1S/C33H40N4O3/c1-2-3-4-5-6-17-35-32(38)28-15-13-27(14-16-28)26-11-9-25(10-12-26)23-37-24-29(31-30(37)8-7-18-34-31)33(39)36-19-21-40-22-20-36/h1,7-8,13-16,18,24-26H,3-6,9-12,17,19-23H2,(H,35,38). The molecule has 2 aliphatic rings. The molecular formula is C33H40N4O3. The lowest BCUT2D eigenvalue weighted by Gasteiger charge is -2.29. The van der Waals surface area contributed by atoms with Crippen LogP contribution in [0.25, 0.3) is 11.0 Å². The van der Waals surface area contributed by atoms with Gasteiger partial charge in [0.05, 0.1) is 24.3 Å². The van der Waals surface area contributed by atoms with Crippen molar-refractivity contribution < 1.29 is 14.3 Å². The Kier molecular flexibility index (Phi) is 9.51. The first-order valence-electron chi connectivity index (χ1n) is 14.8. The highest BCUT2D eigenvalue weighted by molar-refractivity contribution is 6.05. The van der Waals surface area contributed by atoms with Gasteiger partial charge in [-0.25, -0.2) is 0 Å². The molecule has 1 saturated heterocycles. The van der Waals surface area contributed by atoms with Gasteiger partial charge in [-0.15, -0.1) is 12.3 Å². The topological polar surface area (TPSA) is 76.5 Å². The lowest BCUT2D eigenvalue weighted by molar-refractivity contribution is 0.0304. The van der Waals surface area contributed by atoms with Crippen LogP contribution in [0.1, 0.15) is 83.6 Å². The van der Waals surface area contributed by atoms with Crippen LogP contribution in [0.15, 0.2) is 48.8 Å². The molecule has 0 radical (unpaired) electrons. The first-order chi connectivity index (χ1) is 19.6. The molecule has 0 bridgehead atoms. The van der Waals surface area contributed by atoms with E-state index in [1.807, 2.05) is 29.3 Å². The Morgan fingerprint density at radius 2 is 1.80 bits per heavy atom. The van der Waals surface area contributed by atoms with E-state index >= 15 is 0 Å². The van der Waals surface area contributed by atoms with Crippen LogP contribution < -0.4 is 5.32 Å². The van der Waals surface area contributed by atoms with E-state index in [0.717, 1.165) is 74.5 Å². The van der Waals surface area contributed by atoms with Gasteiger partial charge in [-0.3, -0.25) is 14.6 Å². The van der Waals surface area contributed by atoms with Gasteiger partial charge in [0.15, 0.2) is 0 Å². The van der Waals surface area contributed by atoms with Crippen LogP contribution in [0.2, 0.25) is 0 Å². The van der Waals surface area contributed by atoms with E-state index < -0.39 is 0 Å². The summed E-state index contributed by atoms with van der Waals surface area (Å²) in [6.07, 6.45) is 17.4. The molecule has 1 aliphatic carbocycles. The summed E-state index contributed by atoms with van der Waals surface area (Å²) in [7, 11) is 0. The van der Waals surface area contributed by atoms with Crippen molar-refractivity contribution in [2.45, 2.75) is 63.8 Å². The summed E-state index contributed by atoms with van der Waals surface area (Å²) >= 11 is 0. The molecule has 1 aromatic carbocycles. The third-order valence-electron chi connectivity index (χ3n) is 8.39.